The molecule has 0 aromatic carbocycles. The lowest BCUT2D eigenvalue weighted by molar-refractivity contribution is -0.124. The SMILES string of the molecule is COCC(=O)CN1CC(O)CC1CN(C)C. The molecule has 0 aliphatic carbocycles. The Hall–Kier alpha value is -0.490. The lowest BCUT2D eigenvalue weighted by Gasteiger charge is -2.25. The van der Waals surface area contributed by atoms with Crippen molar-refractivity contribution in [3.05, 3.63) is 0 Å². The largest absolute Gasteiger partial charge is 0.392 e. The Morgan fingerprint density at radius 2 is 2.25 bits per heavy atom. The summed E-state index contributed by atoms with van der Waals surface area (Å²) in [6, 6.07) is 0.269. The molecule has 0 bridgehead atoms. The molecular formula is C11H22N2O3. The van der Waals surface area contributed by atoms with Crippen LogP contribution >= 0.6 is 0 Å². The molecule has 0 amide bonds. The number of ketones is 1. The second kappa shape index (κ2) is 6.30. The van der Waals surface area contributed by atoms with Crippen LogP contribution in [-0.4, -0.2) is 80.3 Å². The topological polar surface area (TPSA) is 53.0 Å². The van der Waals surface area contributed by atoms with Gasteiger partial charge in [0.2, 0.25) is 0 Å². The molecule has 0 aromatic rings. The van der Waals surface area contributed by atoms with Gasteiger partial charge in [0.25, 0.3) is 0 Å². The van der Waals surface area contributed by atoms with Crippen molar-refractivity contribution in [3.63, 3.8) is 0 Å². The molecule has 0 spiro atoms. The molecule has 0 aromatic heterocycles. The van der Waals surface area contributed by atoms with E-state index in [1.54, 1.807) is 0 Å². The van der Waals surface area contributed by atoms with Crippen molar-refractivity contribution in [2.24, 2.45) is 0 Å². The van der Waals surface area contributed by atoms with Crippen LogP contribution in [-0.2, 0) is 9.53 Å². The van der Waals surface area contributed by atoms with Crippen molar-refractivity contribution < 1.29 is 14.6 Å². The molecular weight excluding hydrogens is 208 g/mol. The van der Waals surface area contributed by atoms with Crippen LogP contribution in [0.3, 0.4) is 0 Å². The number of likely N-dealkylation sites (tertiary alicyclic amines) is 1. The number of ether oxygens (including phenoxy) is 1. The van der Waals surface area contributed by atoms with E-state index >= 15 is 0 Å². The standard InChI is InChI=1S/C11H22N2O3/c1-12(2)5-9-4-10(14)6-13(9)7-11(15)8-16-3/h9-10,14H,4-8H2,1-3H3. The summed E-state index contributed by atoms with van der Waals surface area (Å²) >= 11 is 0. The number of carbonyl (C=O) groups excluding carboxylic acids is 1. The van der Waals surface area contributed by atoms with E-state index in [9.17, 15) is 9.90 Å². The maximum absolute atomic E-state index is 11.5. The zero-order valence-electron chi connectivity index (χ0n) is 10.3. The zero-order valence-corrected chi connectivity index (χ0v) is 10.3. The quantitative estimate of drug-likeness (QED) is 0.647. The summed E-state index contributed by atoms with van der Waals surface area (Å²) in [6.45, 7) is 2.00. The molecule has 94 valence electrons. The van der Waals surface area contributed by atoms with Gasteiger partial charge in [-0.2, -0.15) is 0 Å². The highest BCUT2D eigenvalue weighted by Crippen LogP contribution is 2.17. The number of β-amino-alcohol motifs (C(OH)–C–C–N with tert-alkyl or cyclic N) is 1. The van der Waals surface area contributed by atoms with Crippen molar-refractivity contribution in [2.45, 2.75) is 18.6 Å². The summed E-state index contributed by atoms with van der Waals surface area (Å²) in [5, 5.41) is 9.62. The van der Waals surface area contributed by atoms with E-state index in [-0.39, 0.29) is 24.5 Å². The lowest BCUT2D eigenvalue weighted by atomic mass is 10.2. The first-order chi connectivity index (χ1) is 7.52. The number of Topliss-reactive ketones (excluding diaryl/α,β-unsaturated/α-hetero) is 1. The normalized spacial score (nSPS) is 26.6. The van der Waals surface area contributed by atoms with Crippen LogP contribution in [0.4, 0.5) is 0 Å². The lowest BCUT2D eigenvalue weighted by Crippen LogP contribution is -2.41. The number of rotatable bonds is 6. The van der Waals surface area contributed by atoms with Crippen molar-refractivity contribution in [1.29, 1.82) is 0 Å². The van der Waals surface area contributed by atoms with Gasteiger partial charge in [0.1, 0.15) is 6.61 Å². The summed E-state index contributed by atoms with van der Waals surface area (Å²) in [7, 11) is 5.52. The highest BCUT2D eigenvalue weighted by molar-refractivity contribution is 5.81. The van der Waals surface area contributed by atoms with Crippen LogP contribution in [0, 0.1) is 0 Å². The average Bonchev–Trinajstić information content (AvgIpc) is 2.45. The fourth-order valence-electron chi connectivity index (χ4n) is 2.20. The number of carbonyl (C=O) groups is 1. The van der Waals surface area contributed by atoms with E-state index in [0.717, 1.165) is 13.0 Å². The Kier molecular flexibility index (Phi) is 5.34. The maximum atomic E-state index is 11.5. The van der Waals surface area contributed by atoms with Crippen LogP contribution < -0.4 is 0 Å². The Morgan fingerprint density at radius 1 is 1.56 bits per heavy atom. The number of aliphatic hydroxyl groups is 1. The van der Waals surface area contributed by atoms with Gasteiger partial charge in [-0.15, -0.1) is 0 Å². The van der Waals surface area contributed by atoms with E-state index in [0.29, 0.717) is 13.1 Å². The monoisotopic (exact) mass is 230 g/mol. The zero-order chi connectivity index (χ0) is 12.1. The van der Waals surface area contributed by atoms with E-state index in [2.05, 4.69) is 4.90 Å². The van der Waals surface area contributed by atoms with E-state index in [1.807, 2.05) is 19.0 Å². The van der Waals surface area contributed by atoms with Gasteiger partial charge < -0.3 is 14.7 Å². The minimum Gasteiger partial charge on any atom is -0.392 e. The third kappa shape index (κ3) is 4.17. The molecule has 2 unspecified atom stereocenters. The average molecular weight is 230 g/mol. The first-order valence-corrected chi connectivity index (χ1v) is 5.60. The van der Waals surface area contributed by atoms with Crippen LogP contribution in [0.5, 0.6) is 0 Å². The highest BCUT2D eigenvalue weighted by atomic mass is 16.5. The Bertz CT molecular complexity index is 233. The van der Waals surface area contributed by atoms with E-state index < -0.39 is 0 Å². The molecule has 1 aliphatic rings. The summed E-state index contributed by atoms with van der Waals surface area (Å²) in [5.74, 6) is 0.0698. The minimum atomic E-state index is -0.305. The van der Waals surface area contributed by atoms with Gasteiger partial charge in [-0.05, 0) is 20.5 Å². The van der Waals surface area contributed by atoms with Crippen molar-refractivity contribution in [1.82, 2.24) is 9.80 Å². The van der Waals surface area contributed by atoms with Crippen LogP contribution in [0.1, 0.15) is 6.42 Å². The number of aliphatic hydroxyl groups excluding tert-OH is 1. The summed E-state index contributed by atoms with van der Waals surface area (Å²) in [4.78, 5) is 15.6. The smallest absolute Gasteiger partial charge is 0.172 e. The molecule has 5 heteroatoms. The highest BCUT2D eigenvalue weighted by Gasteiger charge is 2.31. The fourth-order valence-corrected chi connectivity index (χ4v) is 2.20. The summed E-state index contributed by atoms with van der Waals surface area (Å²) < 4.78 is 4.81. The maximum Gasteiger partial charge on any atom is 0.172 e. The van der Waals surface area contributed by atoms with Crippen LogP contribution in [0.25, 0.3) is 0 Å². The molecule has 2 atom stereocenters. The molecule has 16 heavy (non-hydrogen) atoms. The van der Waals surface area contributed by atoms with Gasteiger partial charge in [-0.25, -0.2) is 0 Å². The number of likely N-dealkylation sites (N-methyl/N-ethyl adjacent to an activating group) is 1. The first kappa shape index (κ1) is 13.6. The number of methoxy groups -OCH3 is 1. The van der Waals surface area contributed by atoms with Gasteiger partial charge in [0.15, 0.2) is 5.78 Å². The first-order valence-electron chi connectivity index (χ1n) is 5.60. The Balaban J connectivity index is 2.45. The number of nitrogens with zero attached hydrogens (tertiary/aromatic N) is 2. The Morgan fingerprint density at radius 3 is 2.81 bits per heavy atom. The molecule has 0 radical (unpaired) electrons. The summed E-state index contributed by atoms with van der Waals surface area (Å²) in [5.41, 5.74) is 0. The fraction of sp³-hybridized carbons (Fsp3) is 0.909. The van der Waals surface area contributed by atoms with E-state index in [4.69, 9.17) is 4.74 Å². The van der Waals surface area contributed by atoms with E-state index in [1.165, 1.54) is 7.11 Å². The van der Waals surface area contributed by atoms with Gasteiger partial charge >= 0.3 is 0 Å². The van der Waals surface area contributed by atoms with Crippen LogP contribution in [0.2, 0.25) is 0 Å². The Labute approximate surface area is 97.0 Å². The third-order valence-electron chi connectivity index (χ3n) is 2.77. The van der Waals surface area contributed by atoms with Crippen LogP contribution in [0.15, 0.2) is 0 Å². The molecule has 1 rings (SSSR count). The van der Waals surface area contributed by atoms with Gasteiger partial charge in [0.05, 0.1) is 12.6 Å². The third-order valence-corrected chi connectivity index (χ3v) is 2.77. The molecule has 5 nitrogen and oxygen atoms in total. The second-order valence-corrected chi connectivity index (χ2v) is 4.71. The molecule has 0 saturated carbocycles. The van der Waals surface area contributed by atoms with Gasteiger partial charge in [-0.3, -0.25) is 9.69 Å². The van der Waals surface area contributed by atoms with Crippen molar-refractivity contribution in [2.75, 3.05) is 47.4 Å². The second-order valence-electron chi connectivity index (χ2n) is 4.71. The number of hydrogen-bond acceptors (Lipinski definition) is 5. The van der Waals surface area contributed by atoms with Gasteiger partial charge in [0, 0.05) is 26.2 Å². The summed E-state index contributed by atoms with van der Waals surface area (Å²) in [6.07, 6.45) is 0.443. The predicted molar refractivity (Wildman–Crippen MR) is 61.4 cm³/mol. The minimum absolute atomic E-state index is 0.0698. The molecule has 1 fully saturated rings. The molecule has 1 heterocycles. The van der Waals surface area contributed by atoms with Crippen molar-refractivity contribution >= 4 is 5.78 Å². The molecule has 1 aliphatic heterocycles. The predicted octanol–water partition coefficient (Wildman–Crippen LogP) is -0.801. The van der Waals surface area contributed by atoms with Gasteiger partial charge in [-0.1, -0.05) is 0 Å². The number of hydrogen-bond donors (Lipinski definition) is 1. The molecule has 1 saturated heterocycles. The molecule has 1 N–H and O–H groups in total. The van der Waals surface area contributed by atoms with Crippen molar-refractivity contribution in [3.8, 4) is 0 Å².